The molecule has 1 aromatic carbocycles. The van der Waals surface area contributed by atoms with E-state index in [1.54, 1.807) is 5.57 Å². The lowest BCUT2D eigenvalue weighted by Gasteiger charge is -2.06. The Hall–Kier alpha value is -1.30. The number of benzene rings is 1. The predicted octanol–water partition coefficient (Wildman–Crippen LogP) is 4.59. The molecule has 0 heterocycles. The van der Waals surface area contributed by atoms with Gasteiger partial charge in [-0.2, -0.15) is 0 Å². The van der Waals surface area contributed by atoms with E-state index in [0.29, 0.717) is 0 Å². The minimum atomic E-state index is 1.16. The maximum atomic E-state index is 2.29. The van der Waals surface area contributed by atoms with Gasteiger partial charge in [-0.1, -0.05) is 61.4 Å². The highest BCUT2D eigenvalue weighted by Crippen LogP contribution is 2.30. The van der Waals surface area contributed by atoms with Crippen molar-refractivity contribution in [1.82, 2.24) is 0 Å². The third kappa shape index (κ3) is 2.38. The third-order valence-electron chi connectivity index (χ3n) is 2.95. The Morgan fingerprint density at radius 1 is 1.13 bits per heavy atom. The van der Waals surface area contributed by atoms with E-state index in [1.165, 1.54) is 30.4 Å². The van der Waals surface area contributed by atoms with Gasteiger partial charge in [-0.3, -0.25) is 0 Å². The first-order valence-corrected chi connectivity index (χ1v) is 5.86. The molecule has 0 aliphatic heterocycles. The molecule has 1 aliphatic rings. The molecule has 0 aromatic heterocycles. The number of unbranched alkanes of at least 4 members (excludes halogenated alkanes) is 1. The van der Waals surface area contributed by atoms with E-state index in [9.17, 15) is 0 Å². The lowest BCUT2D eigenvalue weighted by molar-refractivity contribution is 0.780. The van der Waals surface area contributed by atoms with Crippen LogP contribution in [0, 0.1) is 0 Å². The first kappa shape index (κ1) is 10.2. The van der Waals surface area contributed by atoms with Crippen molar-refractivity contribution in [3.63, 3.8) is 0 Å². The quantitative estimate of drug-likeness (QED) is 0.663. The van der Waals surface area contributed by atoms with Crippen LogP contribution in [0.25, 0.3) is 5.57 Å². The highest BCUT2D eigenvalue weighted by Gasteiger charge is 2.09. The maximum Gasteiger partial charge on any atom is -0.0126 e. The summed E-state index contributed by atoms with van der Waals surface area (Å²) in [5.74, 6) is 0. The molecule has 0 saturated heterocycles. The van der Waals surface area contributed by atoms with Crippen molar-refractivity contribution in [1.29, 1.82) is 0 Å². The zero-order valence-corrected chi connectivity index (χ0v) is 9.37. The van der Waals surface area contributed by atoms with E-state index >= 15 is 0 Å². The summed E-state index contributed by atoms with van der Waals surface area (Å²) in [5, 5.41) is 0. The average molecular weight is 198 g/mol. The molecule has 0 nitrogen and oxygen atoms in total. The Kier molecular flexibility index (Phi) is 3.39. The van der Waals surface area contributed by atoms with Crippen molar-refractivity contribution in [2.75, 3.05) is 0 Å². The fourth-order valence-electron chi connectivity index (χ4n) is 2.09. The summed E-state index contributed by atoms with van der Waals surface area (Å²) >= 11 is 0. The zero-order chi connectivity index (χ0) is 10.5. The van der Waals surface area contributed by atoms with Gasteiger partial charge in [0.2, 0.25) is 0 Å². The van der Waals surface area contributed by atoms with Crippen molar-refractivity contribution >= 4 is 5.57 Å². The highest BCUT2D eigenvalue weighted by atomic mass is 14.1. The van der Waals surface area contributed by atoms with Crippen LogP contribution < -0.4 is 0 Å². The van der Waals surface area contributed by atoms with E-state index in [4.69, 9.17) is 0 Å². The second-order valence-electron chi connectivity index (χ2n) is 4.09. The second kappa shape index (κ2) is 4.97. The Morgan fingerprint density at radius 3 is 2.67 bits per heavy atom. The summed E-state index contributed by atoms with van der Waals surface area (Å²) in [6.45, 7) is 2.26. The number of allylic oxidation sites excluding steroid dienone is 4. The summed E-state index contributed by atoms with van der Waals surface area (Å²) in [4.78, 5) is 0. The smallest absolute Gasteiger partial charge is 0.0126 e. The van der Waals surface area contributed by atoms with Crippen molar-refractivity contribution in [2.45, 2.75) is 32.6 Å². The Labute approximate surface area is 92.3 Å². The summed E-state index contributed by atoms with van der Waals surface area (Å²) in [6.07, 6.45) is 9.57. The Balaban J connectivity index is 2.21. The van der Waals surface area contributed by atoms with E-state index in [-0.39, 0.29) is 0 Å². The molecular weight excluding hydrogens is 180 g/mol. The first-order chi connectivity index (χ1) is 7.42. The van der Waals surface area contributed by atoms with Gasteiger partial charge in [0.25, 0.3) is 0 Å². The van der Waals surface area contributed by atoms with E-state index in [2.05, 4.69) is 49.4 Å². The van der Waals surface area contributed by atoms with E-state index in [0.717, 1.165) is 6.42 Å². The van der Waals surface area contributed by atoms with E-state index < -0.39 is 0 Å². The van der Waals surface area contributed by atoms with Gasteiger partial charge >= 0.3 is 0 Å². The Morgan fingerprint density at radius 2 is 1.93 bits per heavy atom. The van der Waals surface area contributed by atoms with Crippen LogP contribution in [0.3, 0.4) is 0 Å². The molecule has 0 spiro atoms. The number of rotatable bonds is 4. The molecule has 2 rings (SSSR count). The van der Waals surface area contributed by atoms with Crippen LogP contribution >= 0.6 is 0 Å². The zero-order valence-electron chi connectivity index (χ0n) is 9.37. The molecule has 0 radical (unpaired) electrons. The number of hydrogen-bond donors (Lipinski definition) is 0. The standard InChI is InChI=1S/C15H18/c1-2-3-8-13-11-7-12-15(13)14-9-5-4-6-10-14/h4-7,9-10,12H,2-3,8,11H2,1H3. The molecule has 1 aromatic rings. The Bertz CT molecular complexity index is 368. The average Bonchev–Trinajstić information content (AvgIpc) is 2.75. The van der Waals surface area contributed by atoms with Gasteiger partial charge < -0.3 is 0 Å². The second-order valence-corrected chi connectivity index (χ2v) is 4.09. The molecule has 0 heteroatoms. The van der Waals surface area contributed by atoms with Gasteiger partial charge in [-0.05, 0) is 30.4 Å². The minimum Gasteiger partial charge on any atom is -0.0798 e. The fourth-order valence-corrected chi connectivity index (χ4v) is 2.09. The van der Waals surface area contributed by atoms with E-state index in [1.807, 2.05) is 0 Å². The molecule has 0 bridgehead atoms. The molecule has 78 valence electrons. The topological polar surface area (TPSA) is 0 Å². The van der Waals surface area contributed by atoms with Gasteiger partial charge in [-0.15, -0.1) is 0 Å². The molecule has 0 atom stereocenters. The summed E-state index contributed by atoms with van der Waals surface area (Å²) < 4.78 is 0. The molecule has 0 saturated carbocycles. The molecule has 0 amide bonds. The molecule has 0 fully saturated rings. The van der Waals surface area contributed by atoms with Crippen molar-refractivity contribution in [2.24, 2.45) is 0 Å². The van der Waals surface area contributed by atoms with Gasteiger partial charge in [0.15, 0.2) is 0 Å². The molecule has 0 unspecified atom stereocenters. The van der Waals surface area contributed by atoms with Crippen molar-refractivity contribution in [3.8, 4) is 0 Å². The van der Waals surface area contributed by atoms with Crippen LogP contribution in [-0.2, 0) is 0 Å². The predicted molar refractivity (Wildman–Crippen MR) is 66.6 cm³/mol. The third-order valence-corrected chi connectivity index (χ3v) is 2.95. The lowest BCUT2D eigenvalue weighted by atomic mass is 9.99. The number of hydrogen-bond acceptors (Lipinski definition) is 0. The monoisotopic (exact) mass is 198 g/mol. The van der Waals surface area contributed by atoms with Crippen LogP contribution in [0.5, 0.6) is 0 Å². The van der Waals surface area contributed by atoms with Crippen LogP contribution in [0.4, 0.5) is 0 Å². The molecule has 1 aliphatic carbocycles. The van der Waals surface area contributed by atoms with Crippen LogP contribution in [-0.4, -0.2) is 0 Å². The van der Waals surface area contributed by atoms with Gasteiger partial charge in [-0.25, -0.2) is 0 Å². The lowest BCUT2D eigenvalue weighted by Crippen LogP contribution is -1.85. The summed E-state index contributed by atoms with van der Waals surface area (Å²) in [6, 6.07) is 10.7. The van der Waals surface area contributed by atoms with Gasteiger partial charge in [0.05, 0.1) is 0 Å². The van der Waals surface area contributed by atoms with Crippen LogP contribution in [0.1, 0.15) is 38.2 Å². The molecule has 0 N–H and O–H groups in total. The maximum absolute atomic E-state index is 2.29. The normalized spacial score (nSPS) is 15.0. The first-order valence-electron chi connectivity index (χ1n) is 5.86. The SMILES string of the molecule is CCCCC1=C(c2ccccc2)C=CC1. The van der Waals surface area contributed by atoms with Gasteiger partial charge in [0.1, 0.15) is 0 Å². The van der Waals surface area contributed by atoms with Crippen LogP contribution in [0.2, 0.25) is 0 Å². The summed E-state index contributed by atoms with van der Waals surface area (Å²) in [5.41, 5.74) is 4.45. The van der Waals surface area contributed by atoms with Crippen molar-refractivity contribution in [3.05, 3.63) is 53.6 Å². The fraction of sp³-hybridized carbons (Fsp3) is 0.333. The summed E-state index contributed by atoms with van der Waals surface area (Å²) in [7, 11) is 0. The van der Waals surface area contributed by atoms with Crippen LogP contribution in [0.15, 0.2) is 48.1 Å². The van der Waals surface area contributed by atoms with Gasteiger partial charge in [0, 0.05) is 0 Å². The minimum absolute atomic E-state index is 1.16. The molecule has 15 heavy (non-hydrogen) atoms. The highest BCUT2D eigenvalue weighted by molar-refractivity contribution is 5.79. The van der Waals surface area contributed by atoms with Crippen molar-refractivity contribution < 1.29 is 0 Å². The largest absolute Gasteiger partial charge is 0.0798 e. The molecular formula is C15H18.